The van der Waals surface area contributed by atoms with Gasteiger partial charge in [-0.3, -0.25) is 0 Å². The largest absolute Gasteiger partial charge is 0.361 e. The molecule has 0 spiro atoms. The lowest BCUT2D eigenvalue weighted by atomic mass is 9.66. The number of hydrogen-bond acceptors (Lipinski definition) is 0. The molecule has 4 aromatic rings. The van der Waals surface area contributed by atoms with Gasteiger partial charge >= 0.3 is 0 Å². The molecule has 5 rings (SSSR count). The molecule has 0 radical (unpaired) electrons. The fourth-order valence-corrected chi connectivity index (χ4v) is 5.37. The first kappa shape index (κ1) is 22.0. The molecule has 4 N–H and O–H groups in total. The van der Waals surface area contributed by atoms with Crippen LogP contribution in [0.4, 0.5) is 0 Å². The van der Waals surface area contributed by atoms with Gasteiger partial charge in [0.15, 0.2) is 0 Å². The predicted octanol–water partition coefficient (Wildman–Crippen LogP) is 5.58. The van der Waals surface area contributed by atoms with Crippen molar-refractivity contribution < 1.29 is 0 Å². The Morgan fingerprint density at radius 3 is 1.12 bits per heavy atom. The maximum atomic E-state index is 3.82. The lowest BCUT2D eigenvalue weighted by molar-refractivity contribution is 0.507. The van der Waals surface area contributed by atoms with Gasteiger partial charge in [0.25, 0.3) is 0 Å². The Morgan fingerprint density at radius 2 is 0.788 bits per heavy atom. The molecule has 0 unspecified atom stereocenters. The minimum atomic E-state index is -0.165. The topological polar surface area (TPSA) is 63.2 Å². The molecule has 4 aromatic heterocycles. The molecule has 5 heterocycles. The van der Waals surface area contributed by atoms with Gasteiger partial charge in [-0.15, -0.1) is 0 Å². The van der Waals surface area contributed by atoms with Gasteiger partial charge in [0.2, 0.25) is 0 Å². The molecule has 0 amide bonds. The Labute approximate surface area is 198 Å². The normalized spacial score (nSPS) is 25.8. The van der Waals surface area contributed by atoms with E-state index in [2.05, 4.69) is 125 Å². The first-order valence-electron chi connectivity index (χ1n) is 12.2. The maximum Gasteiger partial charge on any atom is 0.124 e. The van der Waals surface area contributed by atoms with E-state index in [1.807, 2.05) is 0 Å². The molecule has 0 saturated carbocycles. The minimum Gasteiger partial charge on any atom is -0.361 e. The highest BCUT2D eigenvalue weighted by Crippen LogP contribution is 2.41. The van der Waals surface area contributed by atoms with E-state index in [1.54, 1.807) is 0 Å². The van der Waals surface area contributed by atoms with Gasteiger partial charge in [0.05, 0.1) is 0 Å². The first-order valence-corrected chi connectivity index (χ1v) is 12.2. The molecule has 0 aromatic carbocycles. The fraction of sp³-hybridized carbons (Fsp3) is 0.429. The number of rotatable bonds is 1. The summed E-state index contributed by atoms with van der Waals surface area (Å²) in [5.41, 5.74) is 9.38. The van der Waals surface area contributed by atoms with Crippen LogP contribution in [-0.2, 0) is 21.6 Å². The zero-order chi connectivity index (χ0) is 23.8. The SMILES string of the molecule is BC1(C)c2ccc([nH]2)C(C)(C)c2ccc([nH]2)C(C)(CC)c2ccc([nH]2)C(C)(C)c2ccc1[nH]2. The van der Waals surface area contributed by atoms with Gasteiger partial charge in [-0.1, -0.05) is 13.8 Å². The summed E-state index contributed by atoms with van der Waals surface area (Å²) in [6, 6.07) is 18.1. The zero-order valence-corrected chi connectivity index (χ0v) is 21.3. The van der Waals surface area contributed by atoms with Crippen LogP contribution in [0.15, 0.2) is 48.5 Å². The van der Waals surface area contributed by atoms with Crippen molar-refractivity contribution in [1.29, 1.82) is 0 Å². The van der Waals surface area contributed by atoms with Crippen molar-refractivity contribution in [2.24, 2.45) is 0 Å². The molecule has 172 valence electrons. The molecule has 1 aliphatic heterocycles. The second kappa shape index (κ2) is 6.85. The molecule has 0 atom stereocenters. The molecule has 0 fully saturated rings. The average Bonchev–Trinajstić information content (AvgIpc) is 3.58. The van der Waals surface area contributed by atoms with E-state index in [1.165, 1.54) is 45.6 Å². The highest BCUT2D eigenvalue weighted by molar-refractivity contribution is 6.17. The summed E-state index contributed by atoms with van der Waals surface area (Å²) >= 11 is 0. The highest BCUT2D eigenvalue weighted by atomic mass is 14.9. The van der Waals surface area contributed by atoms with Crippen LogP contribution in [0.1, 0.15) is 100 Å². The highest BCUT2D eigenvalue weighted by Gasteiger charge is 2.37. The summed E-state index contributed by atoms with van der Waals surface area (Å²) < 4.78 is 0. The average molecular weight is 440 g/mol. The van der Waals surface area contributed by atoms with E-state index in [0.717, 1.165) is 6.42 Å². The van der Waals surface area contributed by atoms with Crippen molar-refractivity contribution in [2.75, 3.05) is 0 Å². The maximum absolute atomic E-state index is 3.82. The van der Waals surface area contributed by atoms with E-state index in [-0.39, 0.29) is 21.6 Å². The monoisotopic (exact) mass is 440 g/mol. The van der Waals surface area contributed by atoms with Crippen LogP contribution < -0.4 is 0 Å². The molecule has 0 saturated heterocycles. The van der Waals surface area contributed by atoms with Crippen LogP contribution in [0.3, 0.4) is 0 Å². The second-order valence-electron chi connectivity index (χ2n) is 11.7. The van der Waals surface area contributed by atoms with E-state index < -0.39 is 0 Å². The summed E-state index contributed by atoms with van der Waals surface area (Å²) in [7, 11) is 2.29. The number of aromatic nitrogens is 4. The van der Waals surface area contributed by atoms with Crippen LogP contribution in [0.5, 0.6) is 0 Å². The summed E-state index contributed by atoms with van der Waals surface area (Å²) in [6.07, 6.45) is 1.00. The van der Waals surface area contributed by atoms with E-state index in [4.69, 9.17) is 0 Å². The smallest absolute Gasteiger partial charge is 0.124 e. The van der Waals surface area contributed by atoms with Crippen molar-refractivity contribution in [1.82, 2.24) is 19.9 Å². The fourth-order valence-electron chi connectivity index (χ4n) is 5.37. The lowest BCUT2D eigenvalue weighted by Gasteiger charge is -2.29. The molecule has 5 heteroatoms. The molecular weight excluding hydrogens is 403 g/mol. The van der Waals surface area contributed by atoms with Crippen molar-refractivity contribution in [3.05, 3.63) is 94.1 Å². The van der Waals surface area contributed by atoms with Crippen LogP contribution in [-0.4, -0.2) is 27.8 Å². The van der Waals surface area contributed by atoms with Crippen molar-refractivity contribution in [2.45, 2.75) is 76.4 Å². The number of fused-ring (bicyclic) bond motifs is 8. The van der Waals surface area contributed by atoms with E-state index in [0.29, 0.717) is 0 Å². The Hall–Kier alpha value is -2.82. The summed E-state index contributed by atoms with van der Waals surface area (Å²) in [4.78, 5) is 15.2. The summed E-state index contributed by atoms with van der Waals surface area (Å²) in [5.74, 6) is 0. The second-order valence-corrected chi connectivity index (χ2v) is 11.7. The number of aromatic amines is 4. The third kappa shape index (κ3) is 3.04. The van der Waals surface area contributed by atoms with Gasteiger partial charge in [0, 0.05) is 67.1 Å². The van der Waals surface area contributed by atoms with Crippen LogP contribution in [0, 0.1) is 0 Å². The van der Waals surface area contributed by atoms with Gasteiger partial charge in [-0.2, -0.15) is 0 Å². The van der Waals surface area contributed by atoms with E-state index >= 15 is 0 Å². The van der Waals surface area contributed by atoms with Gasteiger partial charge in [-0.05, 0) is 89.6 Å². The zero-order valence-electron chi connectivity index (χ0n) is 21.3. The Balaban J connectivity index is 1.77. The Bertz CT molecular complexity index is 1210. The molecule has 33 heavy (non-hydrogen) atoms. The predicted molar refractivity (Wildman–Crippen MR) is 139 cm³/mol. The van der Waals surface area contributed by atoms with Gasteiger partial charge in [0.1, 0.15) is 7.85 Å². The van der Waals surface area contributed by atoms with Crippen LogP contribution in [0.2, 0.25) is 0 Å². The third-order valence-corrected chi connectivity index (χ3v) is 8.68. The summed E-state index contributed by atoms with van der Waals surface area (Å²) in [5, 5.41) is -0.164. The van der Waals surface area contributed by atoms with Gasteiger partial charge in [-0.25, -0.2) is 0 Å². The molecule has 8 bridgehead atoms. The third-order valence-electron chi connectivity index (χ3n) is 8.68. The minimum absolute atomic E-state index is 0.122. The van der Waals surface area contributed by atoms with Crippen molar-refractivity contribution in [3.8, 4) is 0 Å². The Morgan fingerprint density at radius 1 is 0.515 bits per heavy atom. The molecular formula is C28H37BN4. The number of H-pyrrole nitrogens is 4. The summed E-state index contributed by atoms with van der Waals surface area (Å²) in [6.45, 7) is 16.1. The Kier molecular flexibility index (Phi) is 4.57. The molecule has 4 nitrogen and oxygen atoms in total. The quantitative estimate of drug-likeness (QED) is 0.280. The van der Waals surface area contributed by atoms with Crippen molar-refractivity contribution >= 4 is 7.85 Å². The standard InChI is InChI=1S/C28H37BN4/c1-8-27(6)21-13-9-17(30-21)25(2,3)19-11-15-23(32-19)28(7,29)24-16-12-20(33-24)26(4,5)18-10-14-22(27)31-18/h9-16,30-33H,8,29H2,1-7H3. The van der Waals surface area contributed by atoms with Crippen LogP contribution >= 0.6 is 0 Å². The number of hydrogen-bond donors (Lipinski definition) is 4. The number of nitrogens with one attached hydrogen (secondary N) is 4. The van der Waals surface area contributed by atoms with Crippen molar-refractivity contribution in [3.63, 3.8) is 0 Å². The molecule has 0 aliphatic carbocycles. The molecule has 1 aliphatic rings. The van der Waals surface area contributed by atoms with Crippen LogP contribution in [0.25, 0.3) is 0 Å². The van der Waals surface area contributed by atoms with E-state index in [9.17, 15) is 0 Å². The van der Waals surface area contributed by atoms with Gasteiger partial charge < -0.3 is 19.9 Å². The first-order chi connectivity index (χ1) is 15.4. The lowest BCUT2D eigenvalue weighted by Crippen LogP contribution is -2.28.